The van der Waals surface area contributed by atoms with Crippen molar-refractivity contribution in [2.75, 3.05) is 0 Å². The third-order valence-electron chi connectivity index (χ3n) is 0.188. The summed E-state index contributed by atoms with van der Waals surface area (Å²) in [4.78, 5) is 15.6. The molecule has 2 N–H and O–H groups in total. The minimum atomic E-state index is -2.82. The van der Waals surface area contributed by atoms with Crippen molar-refractivity contribution in [3.05, 3.63) is 0 Å². The Morgan fingerprint density at radius 3 is 2.33 bits per heavy atom. The molecule has 0 radical (unpaired) electrons. The normalized spacial score (nSPS) is 9.50. The zero-order valence-corrected chi connectivity index (χ0v) is 5.33. The fourth-order valence-electron chi connectivity index (χ4n) is 0.0552. The summed E-state index contributed by atoms with van der Waals surface area (Å²) in [5.74, 6) is 0. The predicted octanol–water partition coefficient (Wildman–Crippen LogP) is -2.60. The summed E-state index contributed by atoms with van der Waals surface area (Å²) in [6.07, 6.45) is 0. The molecule has 0 bridgehead atoms. The maximum Gasteiger partial charge on any atom is 0.750 e. The van der Waals surface area contributed by atoms with Gasteiger partial charge in [-0.2, -0.15) is 0 Å². The first-order valence-electron chi connectivity index (χ1n) is 1.24. The lowest BCUT2D eigenvalue weighted by atomic mass is 15.7. The maximum atomic E-state index is 9.44. The third kappa shape index (κ3) is 3.79. The molecule has 36 valence electrons. The monoisotopic (exact) mass is 124 g/mol. The molecule has 0 spiro atoms. The van der Waals surface area contributed by atoms with Gasteiger partial charge in [-0.1, -0.05) is 0 Å². The molecule has 0 amide bonds. The van der Waals surface area contributed by atoms with Gasteiger partial charge in [0.2, 0.25) is 0 Å². The van der Waals surface area contributed by atoms with E-state index in [-0.39, 0.29) is 0 Å². The molecule has 6 heteroatoms. The lowest BCUT2D eigenvalue weighted by Gasteiger charge is -1.85. The molecule has 0 aliphatic heterocycles. The van der Waals surface area contributed by atoms with E-state index < -0.39 is 19.2 Å². The third-order valence-corrected chi connectivity index (χ3v) is 1.69. The van der Waals surface area contributed by atoms with Crippen molar-refractivity contribution < 1.29 is 18.2 Å². The molecule has 0 rings (SSSR count). The first-order chi connectivity index (χ1) is 2.77. The summed E-state index contributed by atoms with van der Waals surface area (Å²) < 4.78 is 13.3. The van der Waals surface area contributed by atoms with Crippen LogP contribution in [0.25, 0.3) is 0 Å². The van der Waals surface area contributed by atoms with Crippen LogP contribution in [0.4, 0.5) is 0 Å². The van der Waals surface area contributed by atoms with Gasteiger partial charge in [0.05, 0.1) is 0 Å². The van der Waals surface area contributed by atoms with Gasteiger partial charge in [-0.25, -0.2) is 0 Å². The van der Waals surface area contributed by atoms with Crippen LogP contribution in [0.15, 0.2) is 0 Å². The molecular formula is H4O4Si2. The van der Waals surface area contributed by atoms with Gasteiger partial charge in [0, 0.05) is 0 Å². The average molecular weight is 124 g/mol. The summed E-state index contributed by atoms with van der Waals surface area (Å²) in [6, 6.07) is 0. The van der Waals surface area contributed by atoms with E-state index in [9.17, 15) is 4.46 Å². The Bertz CT molecular complexity index is 49.5. The number of hydrogen-bond donors (Lipinski definition) is 2. The van der Waals surface area contributed by atoms with Crippen LogP contribution < -0.4 is 0 Å². The first kappa shape index (κ1) is 5.79. The van der Waals surface area contributed by atoms with E-state index in [0.29, 0.717) is 0 Å². The summed E-state index contributed by atoms with van der Waals surface area (Å²) in [5, 5.41) is 0. The standard InChI is InChI=1S/H4O4Si2/c1-5-4-6(2)3/h1-2H,5H2. The Labute approximate surface area is 38.3 Å². The molecule has 0 aliphatic rings. The molecule has 6 heavy (non-hydrogen) atoms. The maximum absolute atomic E-state index is 9.44. The van der Waals surface area contributed by atoms with Gasteiger partial charge in [-0.05, 0) is 0 Å². The highest BCUT2D eigenvalue weighted by Gasteiger charge is 1.97. The van der Waals surface area contributed by atoms with Crippen molar-refractivity contribution in [3.63, 3.8) is 0 Å². The largest absolute Gasteiger partial charge is 0.750 e. The summed E-state index contributed by atoms with van der Waals surface area (Å²) in [6.45, 7) is 0. The van der Waals surface area contributed by atoms with Crippen LogP contribution in [0, 0.1) is 0 Å². The van der Waals surface area contributed by atoms with Crippen LogP contribution in [0.2, 0.25) is 0 Å². The van der Waals surface area contributed by atoms with Crippen molar-refractivity contribution in [3.8, 4) is 0 Å². The second-order valence-corrected chi connectivity index (χ2v) is 2.48. The first-order valence-corrected chi connectivity index (χ1v) is 3.71. The number of hydrogen-bond acceptors (Lipinski definition) is 3. The van der Waals surface area contributed by atoms with Crippen LogP contribution >= 0.6 is 0 Å². The van der Waals surface area contributed by atoms with Crippen molar-refractivity contribution in [1.29, 1.82) is 0 Å². The van der Waals surface area contributed by atoms with Crippen LogP contribution in [-0.4, -0.2) is 28.8 Å². The van der Waals surface area contributed by atoms with E-state index in [4.69, 9.17) is 9.59 Å². The van der Waals surface area contributed by atoms with Gasteiger partial charge >= 0.3 is 19.2 Å². The minimum Gasteiger partial charge on any atom is -0.534 e. The van der Waals surface area contributed by atoms with Gasteiger partial charge in [0.15, 0.2) is 0 Å². The van der Waals surface area contributed by atoms with E-state index in [1.165, 1.54) is 0 Å². The fourth-order valence-corrected chi connectivity index (χ4v) is 0.497. The fraction of sp³-hybridized carbons (Fsp3) is 0. The van der Waals surface area contributed by atoms with Gasteiger partial charge in [-0.3, -0.25) is 4.46 Å². The summed E-state index contributed by atoms with van der Waals surface area (Å²) in [7, 11) is -4.47. The highest BCUT2D eigenvalue weighted by Crippen LogP contribution is 1.56. The van der Waals surface area contributed by atoms with E-state index in [1.807, 2.05) is 0 Å². The van der Waals surface area contributed by atoms with E-state index in [2.05, 4.69) is 4.12 Å². The van der Waals surface area contributed by atoms with E-state index >= 15 is 0 Å². The molecule has 0 heterocycles. The van der Waals surface area contributed by atoms with Crippen molar-refractivity contribution in [1.82, 2.24) is 0 Å². The van der Waals surface area contributed by atoms with Gasteiger partial charge in [0.25, 0.3) is 0 Å². The Morgan fingerprint density at radius 2 is 2.33 bits per heavy atom. The van der Waals surface area contributed by atoms with Crippen LogP contribution in [-0.2, 0) is 8.58 Å². The van der Waals surface area contributed by atoms with E-state index in [0.717, 1.165) is 0 Å². The molecular weight excluding hydrogens is 120 g/mol. The van der Waals surface area contributed by atoms with Gasteiger partial charge < -0.3 is 13.7 Å². The molecule has 0 unspecified atom stereocenters. The Kier molecular flexibility index (Phi) is 2.90. The van der Waals surface area contributed by atoms with Crippen LogP contribution in [0.3, 0.4) is 0 Å². The summed E-state index contributed by atoms with van der Waals surface area (Å²) in [5.41, 5.74) is 0. The molecule has 0 aromatic carbocycles. The van der Waals surface area contributed by atoms with Crippen molar-refractivity contribution in [2.24, 2.45) is 0 Å². The highest BCUT2D eigenvalue weighted by atomic mass is 28.4. The second-order valence-electron chi connectivity index (χ2n) is 0.539. The molecule has 0 atom stereocenters. The van der Waals surface area contributed by atoms with Gasteiger partial charge in [-0.15, -0.1) is 0 Å². The second kappa shape index (κ2) is 3.00. The smallest absolute Gasteiger partial charge is 0.534 e. The molecule has 0 saturated heterocycles. The molecule has 0 saturated carbocycles. The van der Waals surface area contributed by atoms with Crippen LogP contribution in [0.1, 0.15) is 0 Å². The predicted molar refractivity (Wildman–Crippen MR) is 20.5 cm³/mol. The zero-order valence-electron chi connectivity index (χ0n) is 2.92. The molecule has 0 aromatic heterocycles. The molecule has 0 aliphatic carbocycles. The summed E-state index contributed by atoms with van der Waals surface area (Å²) >= 11 is 0. The topological polar surface area (TPSA) is 66.8 Å². The minimum absolute atomic E-state index is 1.65. The quantitative estimate of drug-likeness (QED) is 0.396. The van der Waals surface area contributed by atoms with Crippen LogP contribution in [0.5, 0.6) is 0 Å². The molecule has 0 fully saturated rings. The Balaban J connectivity index is 2.83. The Morgan fingerprint density at radius 1 is 1.83 bits per heavy atom. The zero-order chi connectivity index (χ0) is 4.99. The SMILES string of the molecule is O=[Si](O)O[SiH2]O. The number of rotatable bonds is 2. The molecule has 4 nitrogen and oxygen atoms in total. The van der Waals surface area contributed by atoms with Gasteiger partial charge in [0.1, 0.15) is 0 Å². The molecule has 0 aromatic rings. The van der Waals surface area contributed by atoms with Crippen molar-refractivity contribution in [2.45, 2.75) is 0 Å². The lowest BCUT2D eigenvalue weighted by Crippen LogP contribution is -2.08. The average Bonchev–Trinajstić information content (AvgIpc) is 1.35. The highest BCUT2D eigenvalue weighted by molar-refractivity contribution is 6.36. The Hall–Kier alpha value is -0.206. The van der Waals surface area contributed by atoms with E-state index in [1.54, 1.807) is 0 Å². The van der Waals surface area contributed by atoms with Crippen molar-refractivity contribution >= 4 is 19.2 Å². The lowest BCUT2D eigenvalue weighted by molar-refractivity contribution is 0.321.